The van der Waals surface area contributed by atoms with Crippen molar-refractivity contribution in [3.63, 3.8) is 0 Å². The van der Waals surface area contributed by atoms with E-state index in [9.17, 15) is 4.79 Å². The van der Waals surface area contributed by atoms with Crippen molar-refractivity contribution in [2.45, 2.75) is 45.8 Å². The maximum Gasteiger partial charge on any atom is 0.224 e. The van der Waals surface area contributed by atoms with E-state index >= 15 is 0 Å². The maximum absolute atomic E-state index is 12.4. The zero-order valence-electron chi connectivity index (χ0n) is 18.6. The molecule has 0 fully saturated rings. The number of hydrogen-bond acceptors (Lipinski definition) is 5. The number of carbonyl (C=O) groups is 1. The molecular weight excluding hydrogens is 388 g/mol. The molecule has 0 unspecified atom stereocenters. The first-order chi connectivity index (χ1) is 15.0. The first-order valence-electron chi connectivity index (χ1n) is 10.8. The van der Waals surface area contributed by atoms with Gasteiger partial charge in [-0.3, -0.25) is 9.48 Å². The van der Waals surface area contributed by atoms with E-state index in [4.69, 9.17) is 0 Å². The van der Waals surface area contributed by atoms with E-state index in [1.807, 2.05) is 42.0 Å². The van der Waals surface area contributed by atoms with Crippen molar-refractivity contribution in [2.24, 2.45) is 0 Å². The fourth-order valence-corrected chi connectivity index (χ4v) is 4.25. The largest absolute Gasteiger partial charge is 0.363 e. The predicted octanol–water partition coefficient (Wildman–Crippen LogP) is 3.77. The Morgan fingerprint density at radius 1 is 1.19 bits per heavy atom. The summed E-state index contributed by atoms with van der Waals surface area (Å²) in [6.45, 7) is 7.45. The third-order valence-corrected chi connectivity index (χ3v) is 5.81. The van der Waals surface area contributed by atoms with Crippen LogP contribution in [0.15, 0.2) is 48.9 Å². The van der Waals surface area contributed by atoms with Gasteiger partial charge in [-0.25, -0.2) is 4.98 Å². The molecule has 0 bridgehead atoms. The van der Waals surface area contributed by atoms with Gasteiger partial charge in [0.2, 0.25) is 5.91 Å². The second kappa shape index (κ2) is 8.89. The van der Waals surface area contributed by atoms with Gasteiger partial charge in [0.15, 0.2) is 0 Å². The Hall–Kier alpha value is -3.19. The topological polar surface area (TPSA) is 75.1 Å². The minimum Gasteiger partial charge on any atom is -0.363 e. The van der Waals surface area contributed by atoms with Gasteiger partial charge in [0.25, 0.3) is 0 Å². The van der Waals surface area contributed by atoms with Crippen LogP contribution in [0.5, 0.6) is 0 Å². The first kappa shape index (κ1) is 21.1. The molecule has 0 saturated carbocycles. The summed E-state index contributed by atoms with van der Waals surface area (Å²) in [5, 5.41) is 11.2. The Balaban J connectivity index is 1.70. The Kier molecular flexibility index (Phi) is 6.04. The molecule has 1 aliphatic rings. The normalized spacial score (nSPS) is 18.0. The van der Waals surface area contributed by atoms with Crippen LogP contribution in [0, 0.1) is 6.92 Å². The van der Waals surface area contributed by atoms with Crippen LogP contribution in [0.2, 0.25) is 0 Å². The quantitative estimate of drug-likeness (QED) is 0.637. The number of aromatic nitrogens is 3. The summed E-state index contributed by atoms with van der Waals surface area (Å²) in [6.07, 6.45) is 6.65. The van der Waals surface area contributed by atoms with Gasteiger partial charge in [-0.1, -0.05) is 12.1 Å². The van der Waals surface area contributed by atoms with E-state index in [0.717, 1.165) is 53.3 Å². The SMILES string of the molecule is CNCCn1cc(-c2ccc3c(c2)[C@H](Nc2ccc(C)cn2)C[C@H](C)N3C(C)=O)cn1. The highest BCUT2D eigenvalue weighted by molar-refractivity contribution is 5.94. The van der Waals surface area contributed by atoms with Crippen molar-refractivity contribution in [1.29, 1.82) is 0 Å². The number of carbonyl (C=O) groups excluding carboxylic acids is 1. The summed E-state index contributed by atoms with van der Waals surface area (Å²) in [7, 11) is 1.94. The molecule has 7 heteroatoms. The molecule has 2 aromatic heterocycles. The smallest absolute Gasteiger partial charge is 0.224 e. The Morgan fingerprint density at radius 2 is 2.03 bits per heavy atom. The lowest BCUT2D eigenvalue weighted by Gasteiger charge is -2.39. The average Bonchev–Trinajstić information content (AvgIpc) is 3.22. The average molecular weight is 419 g/mol. The van der Waals surface area contributed by atoms with Crippen LogP contribution in [0.25, 0.3) is 11.1 Å². The number of aryl methyl sites for hydroxylation is 1. The lowest BCUT2D eigenvalue weighted by atomic mass is 9.89. The predicted molar refractivity (Wildman–Crippen MR) is 124 cm³/mol. The molecule has 1 amide bonds. The molecule has 162 valence electrons. The molecule has 2 N–H and O–H groups in total. The van der Waals surface area contributed by atoms with Crippen LogP contribution >= 0.6 is 0 Å². The third-order valence-electron chi connectivity index (χ3n) is 5.81. The number of nitrogens with zero attached hydrogens (tertiary/aromatic N) is 4. The van der Waals surface area contributed by atoms with Gasteiger partial charge < -0.3 is 15.5 Å². The molecule has 4 rings (SSSR count). The molecule has 1 aromatic carbocycles. The standard InChI is InChI=1S/C24H30N6O/c1-16-5-8-24(26-13-16)28-22-11-17(2)30(18(3)31)23-7-6-19(12-21(22)23)20-14-27-29(15-20)10-9-25-4/h5-8,12-15,17,22,25H,9-11H2,1-4H3,(H,26,28)/t17-,22+/m0/s1. The summed E-state index contributed by atoms with van der Waals surface area (Å²) in [5.41, 5.74) is 5.36. The monoisotopic (exact) mass is 418 g/mol. The molecule has 3 heterocycles. The van der Waals surface area contributed by atoms with Crippen molar-refractivity contribution in [1.82, 2.24) is 20.1 Å². The first-order valence-corrected chi connectivity index (χ1v) is 10.8. The highest BCUT2D eigenvalue weighted by Gasteiger charge is 2.32. The summed E-state index contributed by atoms with van der Waals surface area (Å²) in [6, 6.07) is 10.5. The van der Waals surface area contributed by atoms with Gasteiger partial charge in [0, 0.05) is 43.2 Å². The molecule has 1 aliphatic heterocycles. The number of anilines is 2. The number of amides is 1. The minimum absolute atomic E-state index is 0.0632. The van der Waals surface area contributed by atoms with Gasteiger partial charge in [0.05, 0.1) is 18.8 Å². The van der Waals surface area contributed by atoms with Crippen LogP contribution in [0.3, 0.4) is 0 Å². The summed E-state index contributed by atoms with van der Waals surface area (Å²) >= 11 is 0. The zero-order valence-corrected chi connectivity index (χ0v) is 18.6. The molecule has 0 spiro atoms. The summed E-state index contributed by atoms with van der Waals surface area (Å²) in [4.78, 5) is 18.8. The van der Waals surface area contributed by atoms with Crippen LogP contribution in [0.4, 0.5) is 11.5 Å². The molecule has 2 atom stereocenters. The minimum atomic E-state index is 0.0632. The fourth-order valence-electron chi connectivity index (χ4n) is 4.25. The Labute approximate surface area is 183 Å². The molecule has 0 radical (unpaired) electrons. The van der Waals surface area contributed by atoms with Crippen LogP contribution in [-0.4, -0.2) is 40.3 Å². The second-order valence-corrected chi connectivity index (χ2v) is 8.26. The van der Waals surface area contributed by atoms with E-state index in [0.29, 0.717) is 0 Å². The van der Waals surface area contributed by atoms with E-state index in [2.05, 4.69) is 58.1 Å². The molecule has 31 heavy (non-hydrogen) atoms. The molecule has 0 aliphatic carbocycles. The van der Waals surface area contributed by atoms with Crippen LogP contribution in [0.1, 0.15) is 37.4 Å². The lowest BCUT2D eigenvalue weighted by molar-refractivity contribution is -0.117. The van der Waals surface area contributed by atoms with Gasteiger partial charge in [-0.05, 0) is 62.2 Å². The number of likely N-dealkylation sites (N-methyl/N-ethyl adjacent to an activating group) is 1. The second-order valence-electron chi connectivity index (χ2n) is 8.26. The highest BCUT2D eigenvalue weighted by Crippen LogP contribution is 2.40. The number of hydrogen-bond donors (Lipinski definition) is 2. The van der Waals surface area contributed by atoms with Crippen molar-refractivity contribution >= 4 is 17.4 Å². The summed E-state index contributed by atoms with van der Waals surface area (Å²) < 4.78 is 1.95. The Morgan fingerprint density at radius 3 is 2.74 bits per heavy atom. The van der Waals surface area contributed by atoms with E-state index in [1.165, 1.54) is 0 Å². The molecular formula is C24H30N6O. The van der Waals surface area contributed by atoms with E-state index in [-0.39, 0.29) is 18.0 Å². The fraction of sp³-hybridized carbons (Fsp3) is 0.375. The molecule has 3 aromatic rings. The van der Waals surface area contributed by atoms with Crippen LogP contribution in [-0.2, 0) is 11.3 Å². The van der Waals surface area contributed by atoms with Gasteiger partial charge in [-0.15, -0.1) is 0 Å². The Bertz CT molecular complexity index is 1060. The molecule has 0 saturated heterocycles. The lowest BCUT2D eigenvalue weighted by Crippen LogP contribution is -2.43. The van der Waals surface area contributed by atoms with Gasteiger partial charge in [-0.2, -0.15) is 5.10 Å². The zero-order chi connectivity index (χ0) is 22.0. The van der Waals surface area contributed by atoms with Gasteiger partial charge >= 0.3 is 0 Å². The number of nitrogens with one attached hydrogen (secondary N) is 2. The van der Waals surface area contributed by atoms with Gasteiger partial charge in [0.1, 0.15) is 5.82 Å². The number of rotatable bonds is 6. The van der Waals surface area contributed by atoms with E-state index in [1.54, 1.807) is 6.92 Å². The van der Waals surface area contributed by atoms with Crippen molar-refractivity contribution < 1.29 is 4.79 Å². The van der Waals surface area contributed by atoms with E-state index < -0.39 is 0 Å². The third kappa shape index (κ3) is 4.46. The van der Waals surface area contributed by atoms with Crippen molar-refractivity contribution in [3.05, 3.63) is 60.0 Å². The number of pyridine rings is 1. The van der Waals surface area contributed by atoms with Crippen molar-refractivity contribution in [3.8, 4) is 11.1 Å². The van der Waals surface area contributed by atoms with Crippen LogP contribution < -0.4 is 15.5 Å². The maximum atomic E-state index is 12.4. The highest BCUT2D eigenvalue weighted by atomic mass is 16.2. The summed E-state index contributed by atoms with van der Waals surface area (Å²) in [5.74, 6) is 0.906. The number of benzene rings is 1. The molecule has 7 nitrogen and oxygen atoms in total. The number of fused-ring (bicyclic) bond motifs is 1. The van der Waals surface area contributed by atoms with Crippen molar-refractivity contribution in [2.75, 3.05) is 23.8 Å².